The third-order valence-corrected chi connectivity index (χ3v) is 4.80. The number of methoxy groups -OCH3 is 1. The molecule has 0 aliphatic heterocycles. The van der Waals surface area contributed by atoms with Crippen molar-refractivity contribution in [3.05, 3.63) is 72.8 Å². The molecule has 6 nitrogen and oxygen atoms in total. The normalized spacial score (nSPS) is 10.7. The van der Waals surface area contributed by atoms with E-state index in [1.54, 1.807) is 7.11 Å². The smallest absolute Gasteiger partial charge is 0.305 e. The molecule has 4 aromatic rings. The van der Waals surface area contributed by atoms with Crippen LogP contribution in [0.4, 0.5) is 5.82 Å². The SMILES string of the molecule is COc1ccccc1-c1ccc(-c2nc(NCCC(=O)O)c3ccccc3n2)cc1. The Kier molecular flexibility index (Phi) is 5.57. The number of benzene rings is 3. The highest BCUT2D eigenvalue weighted by atomic mass is 16.5. The van der Waals surface area contributed by atoms with Crippen LogP contribution in [0.5, 0.6) is 5.75 Å². The molecule has 0 fully saturated rings. The standard InChI is InChI=1S/C24H21N3O3/c1-30-21-9-5-3-6-18(21)16-10-12-17(13-11-16)23-26-20-8-4-2-7-19(20)24(27-23)25-15-14-22(28)29/h2-13H,14-15H2,1H3,(H,28,29)(H,25,26,27). The lowest BCUT2D eigenvalue weighted by Gasteiger charge is -2.11. The molecule has 0 bridgehead atoms. The summed E-state index contributed by atoms with van der Waals surface area (Å²) in [5.41, 5.74) is 3.73. The molecule has 0 spiro atoms. The average molecular weight is 399 g/mol. The van der Waals surface area contributed by atoms with Gasteiger partial charge in [-0.25, -0.2) is 9.97 Å². The van der Waals surface area contributed by atoms with E-state index < -0.39 is 5.97 Å². The average Bonchev–Trinajstić information content (AvgIpc) is 2.78. The van der Waals surface area contributed by atoms with Crippen LogP contribution in [0.1, 0.15) is 6.42 Å². The van der Waals surface area contributed by atoms with E-state index in [9.17, 15) is 4.79 Å². The van der Waals surface area contributed by atoms with Gasteiger partial charge in [-0.15, -0.1) is 0 Å². The molecule has 2 N–H and O–H groups in total. The highest BCUT2D eigenvalue weighted by Crippen LogP contribution is 2.31. The molecule has 0 saturated carbocycles. The highest BCUT2D eigenvalue weighted by Gasteiger charge is 2.11. The Hall–Kier alpha value is -3.93. The van der Waals surface area contributed by atoms with Crippen LogP contribution in [0.3, 0.4) is 0 Å². The van der Waals surface area contributed by atoms with Crippen LogP contribution >= 0.6 is 0 Å². The number of fused-ring (bicyclic) bond motifs is 1. The maximum atomic E-state index is 10.9. The van der Waals surface area contributed by atoms with Gasteiger partial charge < -0.3 is 15.2 Å². The van der Waals surface area contributed by atoms with Gasteiger partial charge in [0.25, 0.3) is 0 Å². The second-order valence-corrected chi connectivity index (χ2v) is 6.76. The number of carboxylic acids is 1. The van der Waals surface area contributed by atoms with Crippen LogP contribution in [-0.4, -0.2) is 34.7 Å². The van der Waals surface area contributed by atoms with E-state index in [-0.39, 0.29) is 6.42 Å². The van der Waals surface area contributed by atoms with Crippen molar-refractivity contribution in [1.82, 2.24) is 9.97 Å². The van der Waals surface area contributed by atoms with Crippen molar-refractivity contribution in [2.75, 3.05) is 19.0 Å². The topological polar surface area (TPSA) is 84.3 Å². The third kappa shape index (κ3) is 4.07. The minimum atomic E-state index is -0.854. The molecule has 1 heterocycles. The van der Waals surface area contributed by atoms with Crippen molar-refractivity contribution < 1.29 is 14.6 Å². The van der Waals surface area contributed by atoms with Gasteiger partial charge in [0.1, 0.15) is 11.6 Å². The van der Waals surface area contributed by atoms with Crippen LogP contribution in [-0.2, 0) is 4.79 Å². The molecule has 6 heteroatoms. The molecule has 0 saturated heterocycles. The predicted octanol–water partition coefficient (Wildman–Crippen LogP) is 4.86. The zero-order valence-corrected chi connectivity index (χ0v) is 16.5. The summed E-state index contributed by atoms with van der Waals surface area (Å²) in [6, 6.07) is 23.5. The van der Waals surface area contributed by atoms with Gasteiger partial charge in [0.05, 0.1) is 19.0 Å². The monoisotopic (exact) mass is 399 g/mol. The molecule has 0 radical (unpaired) electrons. The van der Waals surface area contributed by atoms with Gasteiger partial charge in [-0.05, 0) is 23.8 Å². The number of carbonyl (C=O) groups is 1. The Labute approximate surface area is 174 Å². The van der Waals surface area contributed by atoms with Gasteiger partial charge in [-0.1, -0.05) is 54.6 Å². The number of hydrogen-bond acceptors (Lipinski definition) is 5. The maximum absolute atomic E-state index is 10.9. The molecule has 0 aliphatic rings. The number of nitrogens with zero attached hydrogens (tertiary/aromatic N) is 2. The Balaban J connectivity index is 1.69. The fraction of sp³-hybridized carbons (Fsp3) is 0.125. The Morgan fingerprint density at radius 1 is 0.933 bits per heavy atom. The lowest BCUT2D eigenvalue weighted by molar-refractivity contribution is -0.136. The van der Waals surface area contributed by atoms with Crippen molar-refractivity contribution >= 4 is 22.7 Å². The predicted molar refractivity (Wildman–Crippen MR) is 118 cm³/mol. The number of aliphatic carboxylic acids is 1. The van der Waals surface area contributed by atoms with Gasteiger partial charge in [-0.3, -0.25) is 4.79 Å². The van der Waals surface area contributed by atoms with Crippen molar-refractivity contribution in [1.29, 1.82) is 0 Å². The molecule has 3 aromatic carbocycles. The molecular weight excluding hydrogens is 378 g/mol. The molecular formula is C24H21N3O3. The number of aromatic nitrogens is 2. The number of carboxylic acid groups (broad SMARTS) is 1. The number of para-hydroxylation sites is 2. The van der Waals surface area contributed by atoms with Gasteiger partial charge in [0, 0.05) is 23.1 Å². The molecule has 150 valence electrons. The second-order valence-electron chi connectivity index (χ2n) is 6.76. The first-order chi connectivity index (χ1) is 14.7. The minimum absolute atomic E-state index is 0.0151. The third-order valence-electron chi connectivity index (χ3n) is 4.80. The van der Waals surface area contributed by atoms with E-state index in [0.29, 0.717) is 18.2 Å². The zero-order valence-electron chi connectivity index (χ0n) is 16.5. The Morgan fingerprint density at radius 3 is 2.40 bits per heavy atom. The van der Waals surface area contributed by atoms with E-state index in [1.807, 2.05) is 72.8 Å². The summed E-state index contributed by atoms with van der Waals surface area (Å²) in [6.07, 6.45) is 0.0151. The van der Waals surface area contributed by atoms with Crippen LogP contribution in [0.15, 0.2) is 72.8 Å². The maximum Gasteiger partial charge on any atom is 0.305 e. The van der Waals surface area contributed by atoms with E-state index in [2.05, 4.69) is 10.3 Å². The summed E-state index contributed by atoms with van der Waals surface area (Å²) in [5.74, 6) is 1.17. The lowest BCUT2D eigenvalue weighted by Crippen LogP contribution is -2.09. The van der Waals surface area contributed by atoms with E-state index in [1.165, 1.54) is 0 Å². The quantitative estimate of drug-likeness (QED) is 0.462. The number of rotatable bonds is 7. The molecule has 4 rings (SSSR count). The summed E-state index contributed by atoms with van der Waals surface area (Å²) in [6.45, 7) is 0.294. The van der Waals surface area contributed by atoms with Crippen LogP contribution in [0, 0.1) is 0 Å². The molecule has 1 aromatic heterocycles. The second kappa shape index (κ2) is 8.61. The van der Waals surface area contributed by atoms with Crippen molar-refractivity contribution in [3.63, 3.8) is 0 Å². The number of nitrogens with one attached hydrogen (secondary N) is 1. The molecule has 30 heavy (non-hydrogen) atoms. The number of anilines is 1. The zero-order chi connectivity index (χ0) is 20.9. The summed E-state index contributed by atoms with van der Waals surface area (Å²) in [5, 5.41) is 12.9. The first-order valence-corrected chi connectivity index (χ1v) is 9.62. The number of hydrogen-bond donors (Lipinski definition) is 2. The van der Waals surface area contributed by atoms with E-state index in [4.69, 9.17) is 14.8 Å². The van der Waals surface area contributed by atoms with Gasteiger partial charge in [0.2, 0.25) is 0 Å². The molecule has 0 amide bonds. The van der Waals surface area contributed by atoms with E-state index in [0.717, 1.165) is 33.3 Å². The minimum Gasteiger partial charge on any atom is -0.496 e. The summed E-state index contributed by atoms with van der Waals surface area (Å²) in [4.78, 5) is 20.2. The summed E-state index contributed by atoms with van der Waals surface area (Å²) in [7, 11) is 1.66. The van der Waals surface area contributed by atoms with Crippen LogP contribution < -0.4 is 10.1 Å². The van der Waals surface area contributed by atoms with Crippen molar-refractivity contribution in [2.45, 2.75) is 6.42 Å². The molecule has 0 unspecified atom stereocenters. The van der Waals surface area contributed by atoms with Crippen LogP contribution in [0.25, 0.3) is 33.4 Å². The van der Waals surface area contributed by atoms with Crippen molar-refractivity contribution in [3.8, 4) is 28.3 Å². The summed E-state index contributed by atoms with van der Waals surface area (Å²) >= 11 is 0. The van der Waals surface area contributed by atoms with Crippen molar-refractivity contribution in [2.24, 2.45) is 0 Å². The highest BCUT2D eigenvalue weighted by molar-refractivity contribution is 5.90. The largest absolute Gasteiger partial charge is 0.496 e. The first-order valence-electron chi connectivity index (χ1n) is 9.62. The fourth-order valence-electron chi connectivity index (χ4n) is 3.31. The fourth-order valence-corrected chi connectivity index (χ4v) is 3.31. The lowest BCUT2D eigenvalue weighted by atomic mass is 10.0. The first kappa shape index (κ1) is 19.4. The molecule has 0 aliphatic carbocycles. The van der Waals surface area contributed by atoms with Gasteiger partial charge in [-0.2, -0.15) is 0 Å². The number of ether oxygens (including phenoxy) is 1. The van der Waals surface area contributed by atoms with E-state index >= 15 is 0 Å². The Bertz CT molecular complexity index is 1190. The summed E-state index contributed by atoms with van der Waals surface area (Å²) < 4.78 is 5.46. The molecule has 0 atom stereocenters. The van der Waals surface area contributed by atoms with Crippen LogP contribution in [0.2, 0.25) is 0 Å². The van der Waals surface area contributed by atoms with Gasteiger partial charge >= 0.3 is 5.97 Å². The Morgan fingerprint density at radius 2 is 1.63 bits per heavy atom. The van der Waals surface area contributed by atoms with Gasteiger partial charge in [0.15, 0.2) is 5.82 Å².